The van der Waals surface area contributed by atoms with Gasteiger partial charge >= 0.3 is 0 Å². The molecule has 0 spiro atoms. The number of hydrogen-bond donors (Lipinski definition) is 1. The molecule has 0 fully saturated rings. The van der Waals surface area contributed by atoms with Crippen LogP contribution in [0.4, 0.5) is 0 Å². The third-order valence-electron chi connectivity index (χ3n) is 1.04. The topological polar surface area (TPSA) is 33.1 Å². The summed E-state index contributed by atoms with van der Waals surface area (Å²) in [6, 6.07) is 1.58. The minimum Gasteiger partial charge on any atom is -0.507 e. The van der Waals surface area contributed by atoms with Crippen molar-refractivity contribution in [3.05, 3.63) is 21.5 Å². The molecule has 0 saturated carbocycles. The average Bonchev–Trinajstić information content (AvgIpc) is 1.83. The highest BCUT2D eigenvalue weighted by Gasteiger charge is 1.98. The summed E-state index contributed by atoms with van der Waals surface area (Å²) in [7, 11) is 0. The van der Waals surface area contributed by atoms with Gasteiger partial charge in [0.25, 0.3) is 0 Å². The van der Waals surface area contributed by atoms with Gasteiger partial charge in [-0.1, -0.05) is 0 Å². The molecule has 0 aliphatic heterocycles. The van der Waals surface area contributed by atoms with Crippen LogP contribution >= 0.6 is 22.6 Å². The van der Waals surface area contributed by atoms with Gasteiger partial charge in [-0.15, -0.1) is 0 Å². The molecule has 0 bridgehead atoms. The third-order valence-corrected chi connectivity index (χ3v) is 2.38. The molecule has 0 saturated heterocycles. The van der Waals surface area contributed by atoms with Crippen molar-refractivity contribution in [3.63, 3.8) is 0 Å². The summed E-state index contributed by atoms with van der Waals surface area (Å²) in [5.41, 5.74) is 0.871. The number of halogens is 1. The van der Waals surface area contributed by atoms with Crippen LogP contribution < -0.4 is 0 Å². The summed E-state index contributed by atoms with van der Waals surface area (Å²) in [6.07, 6.45) is 1.59. The van der Waals surface area contributed by atoms with Crippen LogP contribution in [0, 0.1) is 10.5 Å². The van der Waals surface area contributed by atoms with E-state index in [-0.39, 0.29) is 0 Å². The second kappa shape index (κ2) is 2.51. The molecule has 1 N–H and O–H groups in total. The third kappa shape index (κ3) is 1.32. The predicted octanol–water partition coefficient (Wildman–Crippen LogP) is 1.70. The van der Waals surface area contributed by atoms with Crippen LogP contribution in [-0.4, -0.2) is 10.1 Å². The molecule has 0 amide bonds. The van der Waals surface area contributed by atoms with Crippen molar-refractivity contribution in [2.24, 2.45) is 0 Å². The zero-order valence-corrected chi connectivity index (χ0v) is 7.08. The fourth-order valence-corrected chi connectivity index (χ4v) is 0.854. The van der Waals surface area contributed by atoms with E-state index in [0.29, 0.717) is 5.75 Å². The number of nitrogens with zero attached hydrogens (tertiary/aromatic N) is 1. The predicted molar refractivity (Wildman–Crippen MR) is 43.4 cm³/mol. The Bertz CT molecular complexity index is 204. The number of pyridine rings is 1. The van der Waals surface area contributed by atoms with Crippen LogP contribution in [0.2, 0.25) is 0 Å². The summed E-state index contributed by atoms with van der Waals surface area (Å²) in [6.45, 7) is 1.86. The molecule has 48 valence electrons. The van der Waals surface area contributed by atoms with Crippen molar-refractivity contribution in [3.8, 4) is 5.75 Å². The maximum atomic E-state index is 9.05. The molecule has 1 rings (SSSR count). The smallest absolute Gasteiger partial charge is 0.132 e. The highest BCUT2D eigenvalue weighted by atomic mass is 127. The average molecular weight is 235 g/mol. The molecule has 1 aromatic heterocycles. The Morgan fingerprint density at radius 3 is 2.78 bits per heavy atom. The summed E-state index contributed by atoms with van der Waals surface area (Å²) >= 11 is 2.06. The molecule has 1 aromatic rings. The van der Waals surface area contributed by atoms with Gasteiger partial charge in [-0.25, -0.2) is 0 Å². The molecule has 0 aliphatic rings. The molecular formula is C6H6INO. The minimum absolute atomic E-state index is 0.308. The maximum absolute atomic E-state index is 9.05. The highest BCUT2D eigenvalue weighted by molar-refractivity contribution is 14.1. The van der Waals surface area contributed by atoms with Crippen molar-refractivity contribution in [1.82, 2.24) is 4.98 Å². The molecule has 9 heavy (non-hydrogen) atoms. The van der Waals surface area contributed by atoms with E-state index < -0.39 is 0 Å². The van der Waals surface area contributed by atoms with E-state index in [2.05, 4.69) is 27.6 Å². The first-order valence-corrected chi connectivity index (χ1v) is 3.60. The van der Waals surface area contributed by atoms with E-state index in [1.165, 1.54) is 0 Å². The lowest BCUT2D eigenvalue weighted by Crippen LogP contribution is -1.83. The van der Waals surface area contributed by atoms with Crippen LogP contribution in [0.15, 0.2) is 12.3 Å². The quantitative estimate of drug-likeness (QED) is 0.694. The summed E-state index contributed by atoms with van der Waals surface area (Å²) < 4.78 is 0.829. The SMILES string of the molecule is Cc1nccc(O)c1I. The molecule has 2 nitrogen and oxygen atoms in total. The Kier molecular flexibility index (Phi) is 1.90. The molecule has 0 unspecified atom stereocenters. The number of aromatic hydroxyl groups is 1. The van der Waals surface area contributed by atoms with Crippen molar-refractivity contribution < 1.29 is 5.11 Å². The second-order valence-electron chi connectivity index (χ2n) is 1.73. The van der Waals surface area contributed by atoms with Gasteiger partial charge in [-0.2, -0.15) is 0 Å². The lowest BCUT2D eigenvalue weighted by Gasteiger charge is -1.96. The fraction of sp³-hybridized carbons (Fsp3) is 0.167. The Balaban J connectivity index is 3.25. The van der Waals surface area contributed by atoms with Crippen LogP contribution in [0.5, 0.6) is 5.75 Å². The lowest BCUT2D eigenvalue weighted by molar-refractivity contribution is 0.470. The van der Waals surface area contributed by atoms with Crippen LogP contribution in [0.25, 0.3) is 0 Å². The summed E-state index contributed by atoms with van der Waals surface area (Å²) in [4.78, 5) is 3.97. The molecule has 0 aromatic carbocycles. The molecule has 0 atom stereocenters. The Hall–Kier alpha value is -0.320. The minimum atomic E-state index is 0.308. The number of hydrogen-bond acceptors (Lipinski definition) is 2. The van der Waals surface area contributed by atoms with Crippen LogP contribution in [-0.2, 0) is 0 Å². The van der Waals surface area contributed by atoms with Gasteiger partial charge in [0.15, 0.2) is 0 Å². The Morgan fingerprint density at radius 2 is 2.33 bits per heavy atom. The molecular weight excluding hydrogens is 229 g/mol. The standard InChI is InChI=1S/C6H6INO/c1-4-6(7)5(9)2-3-8-4/h2-3H,1H3,(H,8,9). The van der Waals surface area contributed by atoms with Gasteiger partial charge in [-0.05, 0) is 35.6 Å². The normalized spacial score (nSPS) is 9.56. The van der Waals surface area contributed by atoms with E-state index in [9.17, 15) is 0 Å². The lowest BCUT2D eigenvalue weighted by atomic mass is 10.4. The van der Waals surface area contributed by atoms with E-state index >= 15 is 0 Å². The monoisotopic (exact) mass is 235 g/mol. The summed E-state index contributed by atoms with van der Waals surface area (Å²) in [5.74, 6) is 0.308. The van der Waals surface area contributed by atoms with Crippen LogP contribution in [0.3, 0.4) is 0 Å². The van der Waals surface area contributed by atoms with E-state index in [0.717, 1.165) is 9.26 Å². The highest BCUT2D eigenvalue weighted by Crippen LogP contribution is 2.19. The molecule has 3 heteroatoms. The fourth-order valence-electron chi connectivity index (χ4n) is 0.535. The van der Waals surface area contributed by atoms with Gasteiger partial charge in [0.2, 0.25) is 0 Å². The van der Waals surface area contributed by atoms with Gasteiger partial charge in [0.1, 0.15) is 5.75 Å². The van der Waals surface area contributed by atoms with Crippen molar-refractivity contribution in [2.75, 3.05) is 0 Å². The van der Waals surface area contributed by atoms with Gasteiger partial charge in [0, 0.05) is 6.20 Å². The zero-order chi connectivity index (χ0) is 6.85. The van der Waals surface area contributed by atoms with E-state index in [4.69, 9.17) is 5.11 Å². The first kappa shape index (κ1) is 6.80. The second-order valence-corrected chi connectivity index (χ2v) is 2.81. The zero-order valence-electron chi connectivity index (χ0n) is 4.93. The molecule has 0 aliphatic carbocycles. The van der Waals surface area contributed by atoms with Crippen molar-refractivity contribution in [2.45, 2.75) is 6.92 Å². The molecule has 1 heterocycles. The van der Waals surface area contributed by atoms with Crippen LogP contribution in [0.1, 0.15) is 5.69 Å². The van der Waals surface area contributed by atoms with E-state index in [1.807, 2.05) is 6.92 Å². The number of rotatable bonds is 0. The maximum Gasteiger partial charge on any atom is 0.132 e. The largest absolute Gasteiger partial charge is 0.507 e. The number of aromatic nitrogens is 1. The van der Waals surface area contributed by atoms with Gasteiger partial charge in [0.05, 0.1) is 9.26 Å². The van der Waals surface area contributed by atoms with Crippen molar-refractivity contribution in [1.29, 1.82) is 0 Å². The van der Waals surface area contributed by atoms with Crippen molar-refractivity contribution >= 4 is 22.6 Å². The summed E-state index contributed by atoms with van der Waals surface area (Å²) in [5, 5.41) is 9.05. The number of aryl methyl sites for hydroxylation is 1. The first-order valence-electron chi connectivity index (χ1n) is 2.52. The van der Waals surface area contributed by atoms with Gasteiger partial charge < -0.3 is 5.11 Å². The first-order chi connectivity index (χ1) is 4.22. The van der Waals surface area contributed by atoms with E-state index in [1.54, 1.807) is 12.3 Å². The van der Waals surface area contributed by atoms with Gasteiger partial charge in [-0.3, -0.25) is 4.98 Å². The molecule has 0 radical (unpaired) electrons. The Morgan fingerprint density at radius 1 is 1.67 bits per heavy atom. The Labute approximate surface area is 67.1 Å².